The molecular weight excluding hydrogens is 300 g/mol. The van der Waals surface area contributed by atoms with Crippen molar-refractivity contribution in [2.24, 2.45) is 4.99 Å². The summed E-state index contributed by atoms with van der Waals surface area (Å²) in [5.74, 6) is 0.864. The normalized spacial score (nSPS) is 20.9. The number of hydrogen-bond acceptors (Lipinski definition) is 3. The SMILES string of the molecule is CN=C(NCCCCN(C)c1ccccc1)NCC1(C)CCCO1. The highest BCUT2D eigenvalue weighted by atomic mass is 16.5. The molecule has 134 valence electrons. The van der Waals surface area contributed by atoms with Gasteiger partial charge in [-0.15, -0.1) is 0 Å². The Morgan fingerprint density at radius 2 is 2.04 bits per heavy atom. The Morgan fingerprint density at radius 3 is 2.71 bits per heavy atom. The number of ether oxygens (including phenoxy) is 1. The molecule has 1 aliphatic heterocycles. The van der Waals surface area contributed by atoms with Gasteiger partial charge in [0.1, 0.15) is 0 Å². The van der Waals surface area contributed by atoms with Crippen LogP contribution in [0.4, 0.5) is 5.69 Å². The standard InChI is InChI=1S/C19H32N4O/c1-19(12-9-15-24-19)16-22-18(20-2)21-13-7-8-14-23(3)17-10-5-4-6-11-17/h4-6,10-11H,7-9,12-16H2,1-3H3,(H2,20,21,22). The number of guanidine groups is 1. The lowest BCUT2D eigenvalue weighted by Crippen LogP contribution is -2.45. The first-order valence-corrected chi connectivity index (χ1v) is 8.98. The van der Waals surface area contributed by atoms with Gasteiger partial charge in [-0.2, -0.15) is 0 Å². The van der Waals surface area contributed by atoms with Crippen molar-refractivity contribution >= 4 is 11.6 Å². The van der Waals surface area contributed by atoms with Crippen LogP contribution in [0.25, 0.3) is 0 Å². The third kappa shape index (κ3) is 6.04. The van der Waals surface area contributed by atoms with Crippen molar-refractivity contribution in [2.45, 2.75) is 38.2 Å². The average molecular weight is 332 g/mol. The molecule has 24 heavy (non-hydrogen) atoms. The molecule has 1 aromatic carbocycles. The fourth-order valence-electron chi connectivity index (χ4n) is 2.96. The van der Waals surface area contributed by atoms with Crippen molar-refractivity contribution in [3.8, 4) is 0 Å². The highest BCUT2D eigenvalue weighted by Crippen LogP contribution is 2.23. The third-order valence-corrected chi connectivity index (χ3v) is 4.56. The first kappa shape index (κ1) is 18.6. The summed E-state index contributed by atoms with van der Waals surface area (Å²) < 4.78 is 5.80. The second kappa shape index (κ2) is 9.52. The van der Waals surface area contributed by atoms with Crippen LogP contribution in [-0.4, -0.2) is 51.9 Å². The van der Waals surface area contributed by atoms with E-state index in [0.29, 0.717) is 0 Å². The predicted molar refractivity (Wildman–Crippen MR) is 102 cm³/mol. The molecule has 0 aromatic heterocycles. The van der Waals surface area contributed by atoms with Gasteiger partial charge in [-0.25, -0.2) is 0 Å². The highest BCUT2D eigenvalue weighted by Gasteiger charge is 2.29. The molecule has 1 aliphatic rings. The van der Waals surface area contributed by atoms with Crippen LogP contribution in [0.5, 0.6) is 0 Å². The number of hydrogen-bond donors (Lipinski definition) is 2. The summed E-state index contributed by atoms with van der Waals surface area (Å²) >= 11 is 0. The van der Waals surface area contributed by atoms with Gasteiger partial charge in [-0.3, -0.25) is 4.99 Å². The Hall–Kier alpha value is -1.75. The molecule has 0 radical (unpaired) electrons. The maximum Gasteiger partial charge on any atom is 0.191 e. The van der Waals surface area contributed by atoms with Gasteiger partial charge in [-0.05, 0) is 44.7 Å². The Morgan fingerprint density at radius 1 is 1.25 bits per heavy atom. The minimum Gasteiger partial charge on any atom is -0.375 e. The van der Waals surface area contributed by atoms with Crippen LogP contribution < -0.4 is 15.5 Å². The van der Waals surface area contributed by atoms with E-state index >= 15 is 0 Å². The molecule has 1 unspecified atom stereocenters. The van der Waals surface area contributed by atoms with Crippen molar-refractivity contribution in [3.63, 3.8) is 0 Å². The van der Waals surface area contributed by atoms with Gasteiger partial charge in [0.05, 0.1) is 5.60 Å². The fraction of sp³-hybridized carbons (Fsp3) is 0.632. The number of nitrogens with zero attached hydrogens (tertiary/aromatic N) is 2. The summed E-state index contributed by atoms with van der Waals surface area (Å²) in [5, 5.41) is 6.77. The monoisotopic (exact) mass is 332 g/mol. The zero-order chi connectivity index (χ0) is 17.3. The van der Waals surface area contributed by atoms with Gasteiger partial charge < -0.3 is 20.3 Å². The van der Waals surface area contributed by atoms with Crippen molar-refractivity contribution < 1.29 is 4.74 Å². The second-order valence-corrected chi connectivity index (χ2v) is 6.72. The summed E-state index contributed by atoms with van der Waals surface area (Å²) in [6.07, 6.45) is 4.53. The molecule has 0 saturated carbocycles. The van der Waals surface area contributed by atoms with E-state index in [1.54, 1.807) is 0 Å². The maximum absolute atomic E-state index is 5.80. The molecule has 0 bridgehead atoms. The summed E-state index contributed by atoms with van der Waals surface area (Å²) in [6, 6.07) is 10.5. The topological polar surface area (TPSA) is 48.9 Å². The average Bonchev–Trinajstić information content (AvgIpc) is 3.04. The molecule has 1 aromatic rings. The van der Waals surface area contributed by atoms with E-state index < -0.39 is 0 Å². The number of unbranched alkanes of at least 4 members (excludes halogenated alkanes) is 1. The minimum atomic E-state index is -0.0456. The molecule has 5 nitrogen and oxygen atoms in total. The van der Waals surface area contributed by atoms with Crippen molar-refractivity contribution in [3.05, 3.63) is 30.3 Å². The van der Waals surface area contributed by atoms with Gasteiger partial charge in [0.25, 0.3) is 0 Å². The van der Waals surface area contributed by atoms with Gasteiger partial charge in [0.2, 0.25) is 0 Å². The number of para-hydroxylation sites is 1. The fourth-order valence-corrected chi connectivity index (χ4v) is 2.96. The van der Waals surface area contributed by atoms with Crippen LogP contribution in [0, 0.1) is 0 Å². The molecular formula is C19H32N4O. The van der Waals surface area contributed by atoms with E-state index in [9.17, 15) is 0 Å². The van der Waals surface area contributed by atoms with E-state index in [2.05, 4.69) is 64.8 Å². The second-order valence-electron chi connectivity index (χ2n) is 6.72. The first-order chi connectivity index (χ1) is 11.6. The largest absolute Gasteiger partial charge is 0.375 e. The maximum atomic E-state index is 5.80. The van der Waals surface area contributed by atoms with E-state index in [0.717, 1.165) is 57.9 Å². The Bertz CT molecular complexity index is 497. The number of benzene rings is 1. The van der Waals surface area contributed by atoms with E-state index in [1.807, 2.05) is 7.05 Å². The molecule has 5 heteroatoms. The van der Waals surface area contributed by atoms with Gasteiger partial charge >= 0.3 is 0 Å². The Balaban J connectivity index is 1.58. The molecule has 1 heterocycles. The summed E-state index contributed by atoms with van der Waals surface area (Å²) in [7, 11) is 3.96. The molecule has 1 fully saturated rings. The van der Waals surface area contributed by atoms with Gasteiger partial charge in [0, 0.05) is 46.0 Å². The van der Waals surface area contributed by atoms with Gasteiger partial charge in [-0.1, -0.05) is 18.2 Å². The summed E-state index contributed by atoms with van der Waals surface area (Å²) in [6.45, 7) is 5.84. The molecule has 0 aliphatic carbocycles. The van der Waals surface area contributed by atoms with Crippen LogP contribution in [0.3, 0.4) is 0 Å². The number of anilines is 1. The van der Waals surface area contributed by atoms with Crippen LogP contribution in [0.15, 0.2) is 35.3 Å². The lowest BCUT2D eigenvalue weighted by atomic mass is 10.0. The van der Waals surface area contributed by atoms with Crippen molar-refractivity contribution in [1.29, 1.82) is 0 Å². The molecule has 2 N–H and O–H groups in total. The van der Waals surface area contributed by atoms with E-state index in [1.165, 1.54) is 5.69 Å². The Labute approximate surface area is 146 Å². The van der Waals surface area contributed by atoms with Gasteiger partial charge in [0.15, 0.2) is 5.96 Å². The van der Waals surface area contributed by atoms with Crippen LogP contribution >= 0.6 is 0 Å². The summed E-state index contributed by atoms with van der Waals surface area (Å²) in [4.78, 5) is 6.59. The molecule has 1 atom stereocenters. The number of nitrogens with one attached hydrogen (secondary N) is 2. The van der Waals surface area contributed by atoms with Crippen LogP contribution in [-0.2, 0) is 4.74 Å². The lowest BCUT2D eigenvalue weighted by molar-refractivity contribution is 0.0243. The third-order valence-electron chi connectivity index (χ3n) is 4.56. The van der Waals surface area contributed by atoms with Crippen LogP contribution in [0.1, 0.15) is 32.6 Å². The molecule has 0 amide bonds. The Kier molecular flexibility index (Phi) is 7.37. The quantitative estimate of drug-likeness (QED) is 0.436. The smallest absolute Gasteiger partial charge is 0.191 e. The van der Waals surface area contributed by atoms with Crippen molar-refractivity contribution in [2.75, 3.05) is 45.2 Å². The molecule has 1 saturated heterocycles. The zero-order valence-electron chi connectivity index (χ0n) is 15.3. The minimum absolute atomic E-state index is 0.0456. The number of aliphatic imine (C=N–C) groups is 1. The predicted octanol–water partition coefficient (Wildman–Crippen LogP) is 2.64. The molecule has 0 spiro atoms. The zero-order valence-corrected chi connectivity index (χ0v) is 15.3. The van der Waals surface area contributed by atoms with Crippen LogP contribution in [0.2, 0.25) is 0 Å². The van der Waals surface area contributed by atoms with E-state index in [-0.39, 0.29) is 5.60 Å². The first-order valence-electron chi connectivity index (χ1n) is 8.98. The molecule has 2 rings (SSSR count). The highest BCUT2D eigenvalue weighted by molar-refractivity contribution is 5.79. The number of rotatable bonds is 8. The van der Waals surface area contributed by atoms with Crippen molar-refractivity contribution in [1.82, 2.24) is 10.6 Å². The lowest BCUT2D eigenvalue weighted by Gasteiger charge is -2.24. The summed E-state index contributed by atoms with van der Waals surface area (Å²) in [5.41, 5.74) is 1.23. The van der Waals surface area contributed by atoms with E-state index in [4.69, 9.17) is 4.74 Å².